The maximum atomic E-state index is 12.5. The number of carbonyl (C=O) groups is 2. The monoisotopic (exact) mass is 345 g/mol. The summed E-state index contributed by atoms with van der Waals surface area (Å²) >= 11 is 1.94. The lowest BCUT2D eigenvalue weighted by Gasteiger charge is -2.18. The fraction of sp³-hybridized carbons (Fsp3) is 0.556. The summed E-state index contributed by atoms with van der Waals surface area (Å²) in [4.78, 5) is 25.8. The molecule has 128 valence electrons. The lowest BCUT2D eigenvalue weighted by molar-refractivity contribution is -0.118. The van der Waals surface area contributed by atoms with Crippen LogP contribution in [0.3, 0.4) is 0 Å². The van der Waals surface area contributed by atoms with Crippen molar-refractivity contribution in [1.29, 1.82) is 0 Å². The number of hydrogen-bond acceptors (Lipinski definition) is 3. The third kappa shape index (κ3) is 2.99. The lowest BCUT2D eigenvalue weighted by Crippen LogP contribution is -2.36. The van der Waals surface area contributed by atoms with Crippen LogP contribution >= 0.6 is 11.8 Å². The van der Waals surface area contributed by atoms with E-state index in [0.717, 1.165) is 43.7 Å². The standard InChI is InChI=1S/C18H23N3O2S/c22-16(21-10-9-12-5-1-2-6-14(12)21)8-4-3-7-15-17-13(11-24-15)19-18(23)20-17/h1-2,5-6,13,15,17H,3-4,7-11H2,(H2,19,20,23)/t13-,15-,17-/m1/s1. The van der Waals surface area contributed by atoms with E-state index in [-0.39, 0.29) is 24.0 Å². The Morgan fingerprint density at radius 1 is 1.25 bits per heavy atom. The van der Waals surface area contributed by atoms with E-state index in [1.54, 1.807) is 0 Å². The molecule has 3 aliphatic heterocycles. The molecule has 4 rings (SSSR count). The van der Waals surface area contributed by atoms with E-state index in [9.17, 15) is 9.59 Å². The van der Waals surface area contributed by atoms with E-state index in [1.165, 1.54) is 5.56 Å². The second-order valence-electron chi connectivity index (χ2n) is 6.79. The van der Waals surface area contributed by atoms with E-state index in [2.05, 4.69) is 16.7 Å². The molecule has 1 aromatic rings. The lowest BCUT2D eigenvalue weighted by atomic mass is 10.0. The Morgan fingerprint density at radius 2 is 2.12 bits per heavy atom. The molecule has 0 radical (unpaired) electrons. The van der Waals surface area contributed by atoms with Gasteiger partial charge in [0, 0.05) is 29.7 Å². The number of benzene rings is 1. The van der Waals surface area contributed by atoms with Crippen molar-refractivity contribution in [3.8, 4) is 0 Å². The molecule has 5 nitrogen and oxygen atoms in total. The predicted molar refractivity (Wildman–Crippen MR) is 96.5 cm³/mol. The first-order valence-electron chi connectivity index (χ1n) is 8.79. The van der Waals surface area contributed by atoms with Gasteiger partial charge in [-0.15, -0.1) is 0 Å². The van der Waals surface area contributed by atoms with E-state index < -0.39 is 0 Å². The van der Waals surface area contributed by atoms with Crippen LogP contribution < -0.4 is 15.5 Å². The molecular formula is C18H23N3O2S. The number of unbranched alkanes of at least 4 members (excludes halogenated alkanes) is 1. The highest BCUT2D eigenvalue weighted by molar-refractivity contribution is 8.00. The van der Waals surface area contributed by atoms with Crippen LogP contribution in [0, 0.1) is 0 Å². The molecule has 2 fully saturated rings. The molecule has 0 unspecified atom stereocenters. The van der Waals surface area contributed by atoms with Gasteiger partial charge in [0.15, 0.2) is 0 Å². The smallest absolute Gasteiger partial charge is 0.315 e. The number of fused-ring (bicyclic) bond motifs is 2. The molecule has 0 saturated carbocycles. The number of thioether (sulfide) groups is 1. The summed E-state index contributed by atoms with van der Waals surface area (Å²) in [6.07, 6.45) is 4.61. The summed E-state index contributed by atoms with van der Waals surface area (Å²) in [6.45, 7) is 0.818. The van der Waals surface area contributed by atoms with Crippen LogP contribution in [0.4, 0.5) is 10.5 Å². The summed E-state index contributed by atoms with van der Waals surface area (Å²) in [5.41, 5.74) is 2.38. The van der Waals surface area contributed by atoms with Crippen molar-refractivity contribution in [1.82, 2.24) is 10.6 Å². The number of amides is 3. The van der Waals surface area contributed by atoms with Crippen molar-refractivity contribution in [2.75, 3.05) is 17.2 Å². The van der Waals surface area contributed by atoms with Gasteiger partial charge in [-0.2, -0.15) is 11.8 Å². The molecule has 0 aliphatic carbocycles. The van der Waals surface area contributed by atoms with Crippen molar-refractivity contribution in [2.24, 2.45) is 0 Å². The first-order chi connectivity index (χ1) is 11.7. The maximum absolute atomic E-state index is 12.5. The van der Waals surface area contributed by atoms with Crippen LogP contribution in [0.25, 0.3) is 0 Å². The summed E-state index contributed by atoms with van der Waals surface area (Å²) < 4.78 is 0. The van der Waals surface area contributed by atoms with Crippen LogP contribution in [-0.4, -0.2) is 41.6 Å². The van der Waals surface area contributed by atoms with Crippen molar-refractivity contribution in [2.45, 2.75) is 49.4 Å². The van der Waals surface area contributed by atoms with Crippen LogP contribution in [0.1, 0.15) is 31.2 Å². The number of nitrogens with zero attached hydrogens (tertiary/aromatic N) is 1. The Hall–Kier alpha value is -1.69. The maximum Gasteiger partial charge on any atom is 0.315 e. The minimum atomic E-state index is -0.0295. The Balaban J connectivity index is 1.22. The summed E-state index contributed by atoms with van der Waals surface area (Å²) in [7, 11) is 0. The first kappa shape index (κ1) is 15.8. The van der Waals surface area contributed by atoms with Gasteiger partial charge < -0.3 is 15.5 Å². The minimum Gasteiger partial charge on any atom is -0.332 e. The molecule has 6 heteroatoms. The van der Waals surface area contributed by atoms with E-state index in [0.29, 0.717) is 11.7 Å². The molecule has 2 N–H and O–H groups in total. The van der Waals surface area contributed by atoms with Crippen LogP contribution in [0.15, 0.2) is 24.3 Å². The van der Waals surface area contributed by atoms with Gasteiger partial charge in [-0.1, -0.05) is 24.6 Å². The van der Waals surface area contributed by atoms with Gasteiger partial charge in [-0.05, 0) is 30.9 Å². The predicted octanol–water partition coefficient (Wildman–Crippen LogP) is 2.30. The third-order valence-electron chi connectivity index (χ3n) is 5.26. The first-order valence-corrected chi connectivity index (χ1v) is 9.84. The fourth-order valence-electron chi connectivity index (χ4n) is 4.00. The normalized spacial score (nSPS) is 27.6. The second kappa shape index (κ2) is 6.67. The number of anilines is 1. The van der Waals surface area contributed by atoms with Gasteiger partial charge in [0.05, 0.1) is 12.1 Å². The van der Waals surface area contributed by atoms with Crippen LogP contribution in [0.2, 0.25) is 0 Å². The van der Waals surface area contributed by atoms with Gasteiger partial charge in [0.25, 0.3) is 0 Å². The molecule has 1 aromatic carbocycles. The number of hydrogen-bond donors (Lipinski definition) is 2. The Bertz CT molecular complexity index is 651. The number of rotatable bonds is 5. The van der Waals surface area contributed by atoms with Crippen molar-refractivity contribution in [3.05, 3.63) is 29.8 Å². The molecule has 3 amide bonds. The van der Waals surface area contributed by atoms with Gasteiger partial charge >= 0.3 is 6.03 Å². The molecule has 0 aromatic heterocycles. The average Bonchev–Trinajstić information content (AvgIpc) is 3.25. The van der Waals surface area contributed by atoms with Gasteiger partial charge in [-0.3, -0.25) is 4.79 Å². The highest BCUT2D eigenvalue weighted by Gasteiger charge is 2.42. The molecule has 24 heavy (non-hydrogen) atoms. The van der Waals surface area contributed by atoms with E-state index in [1.807, 2.05) is 34.9 Å². The average molecular weight is 345 g/mol. The van der Waals surface area contributed by atoms with E-state index in [4.69, 9.17) is 0 Å². The zero-order valence-electron chi connectivity index (χ0n) is 13.7. The zero-order chi connectivity index (χ0) is 16.5. The highest BCUT2D eigenvalue weighted by Crippen LogP contribution is 2.33. The number of carbonyl (C=O) groups excluding carboxylic acids is 2. The van der Waals surface area contributed by atoms with Crippen LogP contribution in [0.5, 0.6) is 0 Å². The molecular weight excluding hydrogens is 322 g/mol. The summed E-state index contributed by atoms with van der Waals surface area (Å²) in [5, 5.41) is 6.48. The third-order valence-corrected chi connectivity index (χ3v) is 6.76. The number of urea groups is 1. The Morgan fingerprint density at radius 3 is 3.04 bits per heavy atom. The molecule has 2 saturated heterocycles. The summed E-state index contributed by atoms with van der Waals surface area (Å²) in [5.74, 6) is 1.24. The molecule has 3 aliphatic rings. The fourth-order valence-corrected chi connectivity index (χ4v) is 5.54. The van der Waals surface area contributed by atoms with Gasteiger partial charge in [0.1, 0.15) is 0 Å². The molecule has 0 bridgehead atoms. The van der Waals surface area contributed by atoms with Crippen molar-refractivity contribution < 1.29 is 9.59 Å². The van der Waals surface area contributed by atoms with Crippen molar-refractivity contribution in [3.63, 3.8) is 0 Å². The second-order valence-corrected chi connectivity index (χ2v) is 8.06. The highest BCUT2D eigenvalue weighted by atomic mass is 32.2. The SMILES string of the molecule is O=C1N[C@@H]2[C@@H](CS[C@@H]2CCCCC(=O)N2CCc3ccccc32)N1. The number of nitrogens with one attached hydrogen (secondary N) is 2. The molecule has 0 spiro atoms. The number of para-hydroxylation sites is 1. The minimum absolute atomic E-state index is 0.0295. The van der Waals surface area contributed by atoms with Crippen LogP contribution in [-0.2, 0) is 11.2 Å². The quantitative estimate of drug-likeness (QED) is 0.636. The molecule has 3 heterocycles. The Labute approximate surface area is 146 Å². The largest absolute Gasteiger partial charge is 0.332 e. The summed E-state index contributed by atoms with van der Waals surface area (Å²) in [6, 6.07) is 8.72. The van der Waals surface area contributed by atoms with Crippen molar-refractivity contribution >= 4 is 29.4 Å². The van der Waals surface area contributed by atoms with Gasteiger partial charge in [0.2, 0.25) is 5.91 Å². The Kier molecular flexibility index (Phi) is 4.39. The van der Waals surface area contributed by atoms with E-state index >= 15 is 0 Å². The molecule has 3 atom stereocenters. The zero-order valence-corrected chi connectivity index (χ0v) is 14.5. The topological polar surface area (TPSA) is 61.4 Å². The van der Waals surface area contributed by atoms with Gasteiger partial charge in [-0.25, -0.2) is 4.79 Å².